The van der Waals surface area contributed by atoms with Gasteiger partial charge in [-0.3, -0.25) is 0 Å². The fourth-order valence-electron chi connectivity index (χ4n) is 1.05. The Morgan fingerprint density at radius 2 is 2.12 bits per heavy atom. The van der Waals surface area contributed by atoms with E-state index in [1.54, 1.807) is 13.2 Å². The molecule has 1 N–H and O–H groups in total. The van der Waals surface area contributed by atoms with Crippen LogP contribution < -0.4 is 5.32 Å². The average Bonchev–Trinajstić information content (AvgIpc) is 2.67. The first kappa shape index (κ1) is 11.3. The van der Waals surface area contributed by atoms with E-state index < -0.39 is 0 Å². The van der Waals surface area contributed by atoms with Gasteiger partial charge in [-0.05, 0) is 37.1 Å². The lowest BCUT2D eigenvalue weighted by Gasteiger charge is -2.03. The minimum Gasteiger partial charge on any atom is -0.357 e. The Morgan fingerprint density at radius 3 is 2.75 bits per heavy atom. The second-order valence-corrected chi connectivity index (χ2v) is 5.13. The summed E-state index contributed by atoms with van der Waals surface area (Å²) in [6, 6.07) is 0. The third kappa shape index (κ3) is 2.48. The van der Waals surface area contributed by atoms with Crippen molar-refractivity contribution in [2.24, 2.45) is 0 Å². The van der Waals surface area contributed by atoms with Gasteiger partial charge < -0.3 is 5.32 Å². The van der Waals surface area contributed by atoms with E-state index in [0.29, 0.717) is 5.95 Å². The van der Waals surface area contributed by atoms with Gasteiger partial charge in [0.25, 0.3) is 0 Å². The van der Waals surface area contributed by atoms with E-state index in [9.17, 15) is 0 Å². The van der Waals surface area contributed by atoms with Crippen LogP contribution in [0.25, 0.3) is 0 Å². The number of aryl methyl sites for hydroxylation is 2. The van der Waals surface area contributed by atoms with Gasteiger partial charge in [-0.25, -0.2) is 15.0 Å². The van der Waals surface area contributed by atoms with Gasteiger partial charge in [0, 0.05) is 18.8 Å². The van der Waals surface area contributed by atoms with E-state index in [0.717, 1.165) is 20.8 Å². The van der Waals surface area contributed by atoms with Gasteiger partial charge in [-0.2, -0.15) is 4.37 Å². The maximum atomic E-state index is 4.37. The van der Waals surface area contributed by atoms with Gasteiger partial charge in [-0.1, -0.05) is 0 Å². The summed E-state index contributed by atoms with van der Waals surface area (Å²) in [5.41, 5.74) is 1.04. The molecule has 2 aromatic heterocycles. The summed E-state index contributed by atoms with van der Waals surface area (Å²) in [5.74, 6) is 1.42. The standard InChI is InChI=1S/C9H11N5S2/c1-5-4-11-8(10-3)13-7(5)15-9-12-6(2)14-16-9/h4H,1-3H3,(H,10,11,13). The molecule has 0 fully saturated rings. The van der Waals surface area contributed by atoms with Crippen LogP contribution in [0, 0.1) is 13.8 Å². The van der Waals surface area contributed by atoms with Crippen molar-refractivity contribution < 1.29 is 0 Å². The molecule has 0 atom stereocenters. The van der Waals surface area contributed by atoms with Crippen molar-refractivity contribution in [2.45, 2.75) is 23.2 Å². The fourth-order valence-corrected chi connectivity index (χ4v) is 2.66. The van der Waals surface area contributed by atoms with Crippen molar-refractivity contribution in [3.63, 3.8) is 0 Å². The van der Waals surface area contributed by atoms with Gasteiger partial charge in [0.15, 0.2) is 4.34 Å². The van der Waals surface area contributed by atoms with Crippen LogP contribution in [-0.2, 0) is 0 Å². The molecule has 0 unspecified atom stereocenters. The number of nitrogens with one attached hydrogen (secondary N) is 1. The monoisotopic (exact) mass is 253 g/mol. The van der Waals surface area contributed by atoms with E-state index in [2.05, 4.69) is 24.6 Å². The molecular formula is C9H11N5S2. The maximum absolute atomic E-state index is 4.37. The van der Waals surface area contributed by atoms with Crippen molar-refractivity contribution >= 4 is 29.2 Å². The SMILES string of the molecule is CNc1ncc(C)c(Sc2nc(C)ns2)n1. The van der Waals surface area contributed by atoms with Crippen LogP contribution in [0.1, 0.15) is 11.4 Å². The smallest absolute Gasteiger partial charge is 0.223 e. The zero-order valence-corrected chi connectivity index (χ0v) is 10.8. The molecule has 0 aliphatic rings. The van der Waals surface area contributed by atoms with Crippen LogP contribution in [-0.4, -0.2) is 26.4 Å². The van der Waals surface area contributed by atoms with Crippen molar-refractivity contribution in [3.8, 4) is 0 Å². The molecule has 0 amide bonds. The van der Waals surface area contributed by atoms with Gasteiger partial charge in [0.05, 0.1) is 0 Å². The summed E-state index contributed by atoms with van der Waals surface area (Å²) < 4.78 is 5.04. The van der Waals surface area contributed by atoms with Crippen LogP contribution in [0.3, 0.4) is 0 Å². The molecule has 0 saturated heterocycles. The van der Waals surface area contributed by atoms with Gasteiger partial charge in [0.1, 0.15) is 10.9 Å². The minimum atomic E-state index is 0.620. The summed E-state index contributed by atoms with van der Waals surface area (Å²) in [7, 11) is 1.80. The number of hydrogen-bond donors (Lipinski definition) is 1. The normalized spacial score (nSPS) is 10.4. The highest BCUT2D eigenvalue weighted by Crippen LogP contribution is 2.29. The first-order valence-corrected chi connectivity index (χ1v) is 6.27. The third-order valence-electron chi connectivity index (χ3n) is 1.84. The van der Waals surface area contributed by atoms with Crippen molar-refractivity contribution in [3.05, 3.63) is 17.6 Å². The summed E-state index contributed by atoms with van der Waals surface area (Å²) >= 11 is 2.91. The Morgan fingerprint density at radius 1 is 1.31 bits per heavy atom. The van der Waals surface area contributed by atoms with E-state index >= 15 is 0 Å². The van der Waals surface area contributed by atoms with Crippen LogP contribution in [0.5, 0.6) is 0 Å². The Hall–Kier alpha value is -1.21. The number of anilines is 1. The summed E-state index contributed by atoms with van der Waals surface area (Å²) in [4.78, 5) is 12.8. The van der Waals surface area contributed by atoms with Crippen molar-refractivity contribution in [1.29, 1.82) is 0 Å². The van der Waals surface area contributed by atoms with Crippen LogP contribution in [0.4, 0.5) is 5.95 Å². The summed E-state index contributed by atoms with van der Waals surface area (Å²) in [6.45, 7) is 3.86. The minimum absolute atomic E-state index is 0.620. The zero-order chi connectivity index (χ0) is 11.5. The summed E-state index contributed by atoms with van der Waals surface area (Å²) in [6.07, 6.45) is 1.80. The molecular weight excluding hydrogens is 242 g/mol. The molecule has 5 nitrogen and oxygen atoms in total. The first-order valence-electron chi connectivity index (χ1n) is 4.68. The molecule has 0 spiro atoms. The molecule has 0 aliphatic heterocycles. The predicted molar refractivity (Wildman–Crippen MR) is 65.1 cm³/mol. The lowest BCUT2D eigenvalue weighted by atomic mass is 10.4. The second-order valence-electron chi connectivity index (χ2n) is 3.14. The fraction of sp³-hybridized carbons (Fsp3) is 0.333. The molecule has 84 valence electrons. The Kier molecular flexibility index (Phi) is 3.35. The molecule has 0 saturated carbocycles. The zero-order valence-electron chi connectivity index (χ0n) is 9.18. The number of rotatable bonds is 3. The molecule has 2 heterocycles. The van der Waals surface area contributed by atoms with Crippen molar-refractivity contribution in [2.75, 3.05) is 12.4 Å². The number of hydrogen-bond acceptors (Lipinski definition) is 7. The van der Waals surface area contributed by atoms with Gasteiger partial charge in [0.2, 0.25) is 5.95 Å². The van der Waals surface area contributed by atoms with E-state index in [4.69, 9.17) is 0 Å². The van der Waals surface area contributed by atoms with Gasteiger partial charge >= 0.3 is 0 Å². The van der Waals surface area contributed by atoms with Crippen LogP contribution in [0.15, 0.2) is 15.6 Å². The Balaban J connectivity index is 2.26. The van der Waals surface area contributed by atoms with E-state index in [-0.39, 0.29) is 0 Å². The second kappa shape index (κ2) is 4.75. The third-order valence-corrected chi connectivity index (χ3v) is 3.79. The topological polar surface area (TPSA) is 63.6 Å². The lowest BCUT2D eigenvalue weighted by molar-refractivity contribution is 1.00. The van der Waals surface area contributed by atoms with E-state index in [1.165, 1.54) is 23.3 Å². The lowest BCUT2D eigenvalue weighted by Crippen LogP contribution is -1.98. The highest BCUT2D eigenvalue weighted by atomic mass is 32.2. The first-order chi connectivity index (χ1) is 7.69. The molecule has 0 aromatic carbocycles. The average molecular weight is 253 g/mol. The molecule has 0 aliphatic carbocycles. The highest BCUT2D eigenvalue weighted by molar-refractivity contribution is 8.00. The number of nitrogens with zero attached hydrogens (tertiary/aromatic N) is 4. The maximum Gasteiger partial charge on any atom is 0.223 e. The van der Waals surface area contributed by atoms with Crippen LogP contribution in [0.2, 0.25) is 0 Å². The molecule has 2 aromatic rings. The number of aromatic nitrogens is 4. The molecule has 0 bridgehead atoms. The molecule has 16 heavy (non-hydrogen) atoms. The van der Waals surface area contributed by atoms with Crippen LogP contribution >= 0.6 is 23.3 Å². The van der Waals surface area contributed by atoms with Gasteiger partial charge in [-0.15, -0.1) is 0 Å². The molecule has 7 heteroatoms. The molecule has 0 radical (unpaired) electrons. The quantitative estimate of drug-likeness (QED) is 0.845. The Labute approximate surface area is 102 Å². The summed E-state index contributed by atoms with van der Waals surface area (Å²) in [5, 5.41) is 3.83. The van der Waals surface area contributed by atoms with Crippen molar-refractivity contribution in [1.82, 2.24) is 19.3 Å². The Bertz CT molecular complexity index is 496. The van der Waals surface area contributed by atoms with E-state index in [1.807, 2.05) is 13.8 Å². The largest absolute Gasteiger partial charge is 0.357 e. The predicted octanol–water partition coefficient (Wildman–Crippen LogP) is 2.14. The highest BCUT2D eigenvalue weighted by Gasteiger charge is 2.08. The molecule has 2 rings (SSSR count).